The van der Waals surface area contributed by atoms with E-state index in [2.05, 4.69) is 20.6 Å². The number of hydrogen-bond donors (Lipinski definition) is 2. The van der Waals surface area contributed by atoms with E-state index in [1.165, 1.54) is 18.2 Å². The number of nitrogens with zero attached hydrogens (tertiary/aromatic N) is 3. The molecular weight excluding hydrogens is 423 g/mol. The maximum Gasteiger partial charge on any atom is 0.434 e. The van der Waals surface area contributed by atoms with Gasteiger partial charge in [-0.25, -0.2) is 9.97 Å². The van der Waals surface area contributed by atoms with Gasteiger partial charge in [0, 0.05) is 31.6 Å². The molecule has 3 rings (SSSR count). The fraction of sp³-hybridized carbons (Fsp3) is 0.368. The van der Waals surface area contributed by atoms with E-state index >= 15 is 0 Å². The Morgan fingerprint density at radius 3 is 2.70 bits per heavy atom. The molecule has 0 bridgehead atoms. The zero-order chi connectivity index (χ0) is 21.7. The molecule has 2 aromatic rings. The van der Waals surface area contributed by atoms with Crippen LogP contribution in [0, 0.1) is 17.2 Å². The summed E-state index contributed by atoms with van der Waals surface area (Å²) in [7, 11) is 0. The van der Waals surface area contributed by atoms with Crippen LogP contribution < -0.4 is 10.6 Å². The van der Waals surface area contributed by atoms with Gasteiger partial charge in [-0.1, -0.05) is 11.6 Å². The first-order chi connectivity index (χ1) is 14.3. The standard InChI is InChI=1S/C19H17ClF3N5O2/c20-15-7-13(2-1-12(15)8-24)27-18-26-10-14(16(28-18)19(21,22)23)17(29)25-9-11-3-5-30-6-4-11/h1-2,7,10-11H,3-6,9H2,(H,25,29)(H,26,27,28). The molecule has 1 aliphatic heterocycles. The van der Waals surface area contributed by atoms with E-state index in [1.807, 2.05) is 6.07 Å². The van der Waals surface area contributed by atoms with Gasteiger partial charge in [0.15, 0.2) is 5.69 Å². The summed E-state index contributed by atoms with van der Waals surface area (Å²) in [5, 5.41) is 14.1. The Morgan fingerprint density at radius 1 is 1.33 bits per heavy atom. The van der Waals surface area contributed by atoms with E-state index in [1.54, 1.807) is 0 Å². The average molecular weight is 440 g/mol. The smallest absolute Gasteiger partial charge is 0.381 e. The van der Waals surface area contributed by atoms with Crippen molar-refractivity contribution in [2.24, 2.45) is 5.92 Å². The van der Waals surface area contributed by atoms with E-state index in [9.17, 15) is 18.0 Å². The highest BCUT2D eigenvalue weighted by molar-refractivity contribution is 6.32. The molecule has 0 saturated carbocycles. The molecular formula is C19H17ClF3N5O2. The molecule has 30 heavy (non-hydrogen) atoms. The lowest BCUT2D eigenvalue weighted by Gasteiger charge is -2.22. The lowest BCUT2D eigenvalue weighted by Crippen LogP contribution is -2.33. The van der Waals surface area contributed by atoms with Gasteiger partial charge < -0.3 is 15.4 Å². The van der Waals surface area contributed by atoms with E-state index in [4.69, 9.17) is 21.6 Å². The molecule has 0 aliphatic carbocycles. The minimum atomic E-state index is -4.85. The number of nitriles is 1. The molecule has 0 spiro atoms. The summed E-state index contributed by atoms with van der Waals surface area (Å²) in [5.41, 5.74) is -1.48. The molecule has 0 unspecified atom stereocenters. The third-order valence-electron chi connectivity index (χ3n) is 4.54. The maximum absolute atomic E-state index is 13.5. The highest BCUT2D eigenvalue weighted by Gasteiger charge is 2.38. The zero-order valence-corrected chi connectivity index (χ0v) is 16.3. The minimum Gasteiger partial charge on any atom is -0.381 e. The molecule has 1 fully saturated rings. The molecule has 2 heterocycles. The number of nitrogens with one attached hydrogen (secondary N) is 2. The monoisotopic (exact) mass is 439 g/mol. The third-order valence-corrected chi connectivity index (χ3v) is 4.85. The van der Waals surface area contributed by atoms with Gasteiger partial charge >= 0.3 is 6.18 Å². The number of rotatable bonds is 5. The highest BCUT2D eigenvalue weighted by atomic mass is 35.5. The van der Waals surface area contributed by atoms with Crippen LogP contribution in [0.15, 0.2) is 24.4 Å². The van der Waals surface area contributed by atoms with Crippen LogP contribution >= 0.6 is 11.6 Å². The largest absolute Gasteiger partial charge is 0.434 e. The van der Waals surface area contributed by atoms with Crippen molar-refractivity contribution in [1.82, 2.24) is 15.3 Å². The molecule has 0 radical (unpaired) electrons. The van der Waals surface area contributed by atoms with E-state index in [-0.39, 0.29) is 29.0 Å². The predicted octanol–water partition coefficient (Wildman–Crippen LogP) is 3.92. The van der Waals surface area contributed by atoms with Gasteiger partial charge in [0.25, 0.3) is 5.91 Å². The van der Waals surface area contributed by atoms with Crippen LogP contribution in [0.1, 0.15) is 34.5 Å². The topological polar surface area (TPSA) is 99.9 Å². The number of hydrogen-bond acceptors (Lipinski definition) is 6. The van der Waals surface area contributed by atoms with Gasteiger partial charge in [0.2, 0.25) is 5.95 Å². The van der Waals surface area contributed by atoms with Crippen LogP contribution in [0.4, 0.5) is 24.8 Å². The van der Waals surface area contributed by atoms with Crippen molar-refractivity contribution in [3.8, 4) is 6.07 Å². The van der Waals surface area contributed by atoms with Crippen molar-refractivity contribution < 1.29 is 22.7 Å². The maximum atomic E-state index is 13.5. The van der Waals surface area contributed by atoms with Gasteiger partial charge in [-0.2, -0.15) is 18.4 Å². The molecule has 1 saturated heterocycles. The fourth-order valence-electron chi connectivity index (χ4n) is 2.92. The van der Waals surface area contributed by atoms with Crippen LogP contribution in [-0.4, -0.2) is 35.6 Å². The Kier molecular flexibility index (Phi) is 6.74. The van der Waals surface area contributed by atoms with Crippen molar-refractivity contribution in [3.63, 3.8) is 0 Å². The minimum absolute atomic E-state index is 0.127. The van der Waals surface area contributed by atoms with Crippen molar-refractivity contribution in [2.75, 3.05) is 25.1 Å². The first-order valence-electron chi connectivity index (χ1n) is 9.05. The Balaban J connectivity index is 1.78. The Morgan fingerprint density at radius 2 is 2.07 bits per heavy atom. The molecule has 1 aliphatic rings. The lowest BCUT2D eigenvalue weighted by molar-refractivity contribution is -0.141. The first-order valence-corrected chi connectivity index (χ1v) is 9.42. The number of alkyl halides is 3. The molecule has 11 heteroatoms. The molecule has 0 atom stereocenters. The van der Waals surface area contributed by atoms with Crippen LogP contribution in [0.2, 0.25) is 5.02 Å². The Bertz CT molecular complexity index is 972. The van der Waals surface area contributed by atoms with Crippen molar-refractivity contribution in [1.29, 1.82) is 5.26 Å². The number of anilines is 2. The predicted molar refractivity (Wildman–Crippen MR) is 102 cm³/mol. The van der Waals surface area contributed by atoms with Crippen LogP contribution in [0.3, 0.4) is 0 Å². The highest BCUT2D eigenvalue weighted by Crippen LogP contribution is 2.31. The quantitative estimate of drug-likeness (QED) is 0.732. The van der Waals surface area contributed by atoms with Gasteiger partial charge in [-0.05, 0) is 37.0 Å². The van der Waals surface area contributed by atoms with Gasteiger partial charge in [0.1, 0.15) is 6.07 Å². The molecule has 2 N–H and O–H groups in total. The van der Waals surface area contributed by atoms with Crippen LogP contribution in [0.5, 0.6) is 0 Å². The number of carbonyl (C=O) groups is 1. The number of halogens is 4. The molecule has 1 aromatic heterocycles. The molecule has 1 aromatic carbocycles. The van der Waals surface area contributed by atoms with E-state index < -0.39 is 23.3 Å². The van der Waals surface area contributed by atoms with Gasteiger partial charge in [-0.3, -0.25) is 4.79 Å². The number of aromatic nitrogens is 2. The summed E-state index contributed by atoms with van der Waals surface area (Å²) in [4.78, 5) is 19.7. The normalized spacial score (nSPS) is 14.8. The summed E-state index contributed by atoms with van der Waals surface area (Å²) in [5.74, 6) is -1.09. The lowest BCUT2D eigenvalue weighted by atomic mass is 10.0. The second-order valence-electron chi connectivity index (χ2n) is 6.65. The first kappa shape index (κ1) is 21.8. The van der Waals surface area contributed by atoms with Crippen molar-refractivity contribution in [2.45, 2.75) is 19.0 Å². The number of carbonyl (C=O) groups excluding carboxylic acids is 1. The van der Waals surface area contributed by atoms with Crippen molar-refractivity contribution >= 4 is 29.1 Å². The summed E-state index contributed by atoms with van der Waals surface area (Å²) >= 11 is 5.92. The third kappa shape index (κ3) is 5.37. The Labute approximate surface area is 175 Å². The molecule has 1 amide bonds. The van der Waals surface area contributed by atoms with Gasteiger partial charge in [-0.15, -0.1) is 0 Å². The second kappa shape index (κ2) is 9.28. The van der Waals surface area contributed by atoms with Crippen LogP contribution in [0.25, 0.3) is 0 Å². The number of ether oxygens (including phenoxy) is 1. The number of benzene rings is 1. The van der Waals surface area contributed by atoms with Crippen molar-refractivity contribution in [3.05, 3.63) is 46.2 Å². The van der Waals surface area contributed by atoms with E-state index in [0.717, 1.165) is 19.0 Å². The van der Waals surface area contributed by atoms with E-state index in [0.29, 0.717) is 18.9 Å². The number of amides is 1. The summed E-state index contributed by atoms with van der Waals surface area (Å²) in [6, 6.07) is 6.11. The fourth-order valence-corrected chi connectivity index (χ4v) is 3.14. The molecule has 7 nitrogen and oxygen atoms in total. The summed E-state index contributed by atoms with van der Waals surface area (Å²) in [6.45, 7) is 1.39. The average Bonchev–Trinajstić information content (AvgIpc) is 2.72. The molecule has 158 valence electrons. The summed E-state index contributed by atoms with van der Waals surface area (Å²) < 4.78 is 45.8. The second-order valence-corrected chi connectivity index (χ2v) is 7.06. The van der Waals surface area contributed by atoms with Gasteiger partial charge in [0.05, 0.1) is 16.1 Å². The zero-order valence-electron chi connectivity index (χ0n) is 15.6. The Hall–Kier alpha value is -2.90. The van der Waals surface area contributed by atoms with Crippen LogP contribution in [-0.2, 0) is 10.9 Å². The summed E-state index contributed by atoms with van der Waals surface area (Å²) in [6.07, 6.45) is -2.55. The SMILES string of the molecule is N#Cc1ccc(Nc2ncc(C(=O)NCC3CCOCC3)c(C(F)(F)F)n2)cc1Cl.